The van der Waals surface area contributed by atoms with Crippen LogP contribution in [0.2, 0.25) is 0 Å². The Hall–Kier alpha value is -0.900. The first-order valence-electron chi connectivity index (χ1n) is 7.09. The summed E-state index contributed by atoms with van der Waals surface area (Å²) in [6.45, 7) is 9.68. The molecule has 18 heavy (non-hydrogen) atoms. The monoisotopic (exact) mass is 250 g/mol. The van der Waals surface area contributed by atoms with Crippen LogP contribution in [0.5, 0.6) is 0 Å². The minimum atomic E-state index is 0.123. The van der Waals surface area contributed by atoms with E-state index in [1.54, 1.807) is 6.33 Å². The van der Waals surface area contributed by atoms with Crippen molar-refractivity contribution in [3.05, 3.63) is 12.2 Å². The van der Waals surface area contributed by atoms with Crippen molar-refractivity contribution < 1.29 is 0 Å². The highest BCUT2D eigenvalue weighted by atomic mass is 15.4. The summed E-state index contributed by atoms with van der Waals surface area (Å²) in [4.78, 5) is 4.40. The molecule has 1 saturated carbocycles. The van der Waals surface area contributed by atoms with Gasteiger partial charge in [0.05, 0.1) is 12.6 Å². The number of rotatable bonds is 3. The molecule has 0 atom stereocenters. The number of aromatic nitrogens is 3. The number of hydrogen-bond acceptors (Lipinski definition) is 3. The van der Waals surface area contributed by atoms with Crippen LogP contribution in [0.4, 0.5) is 0 Å². The van der Waals surface area contributed by atoms with E-state index in [0.29, 0.717) is 6.04 Å². The van der Waals surface area contributed by atoms with Gasteiger partial charge in [-0.2, -0.15) is 5.10 Å². The maximum absolute atomic E-state index is 4.43. The molecule has 2 rings (SSSR count). The maximum atomic E-state index is 4.43. The van der Waals surface area contributed by atoms with Gasteiger partial charge in [-0.05, 0) is 52.4 Å². The lowest BCUT2D eigenvalue weighted by Crippen LogP contribution is -2.36. The number of nitrogens with one attached hydrogen (secondary N) is 1. The van der Waals surface area contributed by atoms with Crippen molar-refractivity contribution in [3.8, 4) is 0 Å². The second-order valence-corrected chi connectivity index (χ2v) is 6.64. The van der Waals surface area contributed by atoms with Gasteiger partial charge < -0.3 is 5.32 Å². The van der Waals surface area contributed by atoms with Gasteiger partial charge in [-0.15, -0.1) is 0 Å². The third-order valence-electron chi connectivity index (χ3n) is 3.76. The summed E-state index contributed by atoms with van der Waals surface area (Å²) >= 11 is 0. The lowest BCUT2D eigenvalue weighted by Gasteiger charge is -2.28. The summed E-state index contributed by atoms with van der Waals surface area (Å²) in [5.41, 5.74) is 0.123. The van der Waals surface area contributed by atoms with Crippen molar-refractivity contribution in [2.45, 2.75) is 71.5 Å². The molecular formula is C14H26N4. The Morgan fingerprint density at radius 3 is 2.56 bits per heavy atom. The molecule has 0 aliphatic heterocycles. The Labute approximate surface area is 110 Å². The zero-order chi connectivity index (χ0) is 13.2. The third kappa shape index (κ3) is 3.55. The second kappa shape index (κ2) is 5.39. The molecule has 1 aliphatic rings. The minimum absolute atomic E-state index is 0.123. The Morgan fingerprint density at radius 2 is 1.94 bits per heavy atom. The zero-order valence-corrected chi connectivity index (χ0v) is 12.1. The van der Waals surface area contributed by atoms with Gasteiger partial charge in [0.15, 0.2) is 0 Å². The first kappa shape index (κ1) is 13.5. The SMILES string of the molecule is CC1CCC(n2ncnc2CNC(C)(C)C)CC1. The lowest BCUT2D eigenvalue weighted by molar-refractivity contribution is 0.265. The molecule has 1 aromatic rings. The maximum Gasteiger partial charge on any atom is 0.141 e. The van der Waals surface area contributed by atoms with Gasteiger partial charge in [0, 0.05) is 5.54 Å². The standard InChI is InChI=1S/C14H26N4/c1-11-5-7-12(8-6-11)18-13(15-10-17-18)9-16-14(2,3)4/h10-12,16H,5-9H2,1-4H3. The predicted molar refractivity (Wildman–Crippen MR) is 73.3 cm³/mol. The van der Waals surface area contributed by atoms with Crippen LogP contribution >= 0.6 is 0 Å². The molecule has 1 heterocycles. The van der Waals surface area contributed by atoms with Crippen LogP contribution in [-0.2, 0) is 6.54 Å². The lowest BCUT2D eigenvalue weighted by atomic mass is 9.87. The van der Waals surface area contributed by atoms with Crippen LogP contribution < -0.4 is 5.32 Å². The molecule has 1 N–H and O–H groups in total. The molecule has 0 saturated heterocycles. The van der Waals surface area contributed by atoms with Gasteiger partial charge in [0.1, 0.15) is 12.2 Å². The molecule has 0 amide bonds. The fourth-order valence-corrected chi connectivity index (χ4v) is 2.54. The van der Waals surface area contributed by atoms with Crippen molar-refractivity contribution in [1.82, 2.24) is 20.1 Å². The van der Waals surface area contributed by atoms with Crippen LogP contribution in [0.3, 0.4) is 0 Å². The van der Waals surface area contributed by atoms with Gasteiger partial charge >= 0.3 is 0 Å². The van der Waals surface area contributed by atoms with Gasteiger partial charge in [0.2, 0.25) is 0 Å². The summed E-state index contributed by atoms with van der Waals surface area (Å²) in [5, 5.41) is 7.92. The van der Waals surface area contributed by atoms with E-state index < -0.39 is 0 Å². The van der Waals surface area contributed by atoms with Crippen LogP contribution in [-0.4, -0.2) is 20.3 Å². The summed E-state index contributed by atoms with van der Waals surface area (Å²) < 4.78 is 2.14. The van der Waals surface area contributed by atoms with Crippen LogP contribution in [0, 0.1) is 5.92 Å². The summed E-state index contributed by atoms with van der Waals surface area (Å²) in [6.07, 6.45) is 6.81. The molecule has 0 bridgehead atoms. The first-order valence-corrected chi connectivity index (χ1v) is 7.09. The zero-order valence-electron chi connectivity index (χ0n) is 12.1. The molecule has 0 unspecified atom stereocenters. The Balaban J connectivity index is 1.99. The van der Waals surface area contributed by atoms with E-state index >= 15 is 0 Å². The quantitative estimate of drug-likeness (QED) is 0.897. The highest BCUT2D eigenvalue weighted by molar-refractivity contribution is 4.90. The molecule has 4 heteroatoms. The topological polar surface area (TPSA) is 42.7 Å². The van der Waals surface area contributed by atoms with E-state index in [9.17, 15) is 0 Å². The fourth-order valence-electron chi connectivity index (χ4n) is 2.54. The molecule has 1 aromatic heterocycles. The molecular weight excluding hydrogens is 224 g/mol. The minimum Gasteiger partial charge on any atom is -0.305 e. The van der Waals surface area contributed by atoms with Crippen LogP contribution in [0.1, 0.15) is 65.2 Å². The van der Waals surface area contributed by atoms with Gasteiger partial charge in [0.25, 0.3) is 0 Å². The van der Waals surface area contributed by atoms with E-state index in [1.807, 2.05) is 0 Å². The molecule has 4 nitrogen and oxygen atoms in total. The molecule has 102 valence electrons. The Morgan fingerprint density at radius 1 is 1.28 bits per heavy atom. The molecule has 1 aliphatic carbocycles. The smallest absolute Gasteiger partial charge is 0.141 e. The van der Waals surface area contributed by atoms with E-state index in [-0.39, 0.29) is 5.54 Å². The molecule has 0 aromatic carbocycles. The molecule has 0 spiro atoms. The van der Waals surface area contributed by atoms with E-state index in [2.05, 4.69) is 47.8 Å². The van der Waals surface area contributed by atoms with Crippen molar-refractivity contribution in [1.29, 1.82) is 0 Å². The molecule has 1 fully saturated rings. The van der Waals surface area contributed by atoms with Gasteiger partial charge in [-0.25, -0.2) is 9.67 Å². The van der Waals surface area contributed by atoms with Crippen LogP contribution in [0.25, 0.3) is 0 Å². The van der Waals surface area contributed by atoms with Gasteiger partial charge in [-0.1, -0.05) is 6.92 Å². The fraction of sp³-hybridized carbons (Fsp3) is 0.857. The largest absolute Gasteiger partial charge is 0.305 e. The predicted octanol–water partition coefficient (Wildman–Crippen LogP) is 2.92. The first-order chi connectivity index (χ1) is 8.46. The van der Waals surface area contributed by atoms with E-state index in [1.165, 1.54) is 25.7 Å². The third-order valence-corrected chi connectivity index (χ3v) is 3.76. The second-order valence-electron chi connectivity index (χ2n) is 6.64. The summed E-state index contributed by atoms with van der Waals surface area (Å²) in [6, 6.07) is 0.556. The summed E-state index contributed by atoms with van der Waals surface area (Å²) in [7, 11) is 0. The van der Waals surface area contributed by atoms with E-state index in [0.717, 1.165) is 18.3 Å². The highest BCUT2D eigenvalue weighted by Gasteiger charge is 2.22. The average Bonchev–Trinajstić information content (AvgIpc) is 2.75. The van der Waals surface area contributed by atoms with Crippen LogP contribution in [0.15, 0.2) is 6.33 Å². The van der Waals surface area contributed by atoms with Crippen molar-refractivity contribution in [2.24, 2.45) is 5.92 Å². The van der Waals surface area contributed by atoms with Crippen molar-refractivity contribution in [3.63, 3.8) is 0 Å². The number of hydrogen-bond donors (Lipinski definition) is 1. The average molecular weight is 250 g/mol. The normalized spacial score (nSPS) is 25.3. The summed E-state index contributed by atoms with van der Waals surface area (Å²) in [5.74, 6) is 1.95. The molecule has 0 radical (unpaired) electrons. The van der Waals surface area contributed by atoms with E-state index in [4.69, 9.17) is 0 Å². The van der Waals surface area contributed by atoms with Gasteiger partial charge in [-0.3, -0.25) is 0 Å². The van der Waals surface area contributed by atoms with Crippen molar-refractivity contribution >= 4 is 0 Å². The number of nitrogens with zero attached hydrogens (tertiary/aromatic N) is 3. The Kier molecular flexibility index (Phi) is 4.05. The van der Waals surface area contributed by atoms with Crippen molar-refractivity contribution in [2.75, 3.05) is 0 Å². The highest BCUT2D eigenvalue weighted by Crippen LogP contribution is 2.31. The Bertz CT molecular complexity index is 369.